The number of hydrogen-bond donors (Lipinski definition) is 1. The van der Waals surface area contributed by atoms with Crippen molar-refractivity contribution >= 4 is 5.97 Å². The molecule has 1 unspecified atom stereocenters. The molecule has 15 heavy (non-hydrogen) atoms. The van der Waals surface area contributed by atoms with Gasteiger partial charge < -0.3 is 9.84 Å². The van der Waals surface area contributed by atoms with Gasteiger partial charge in [0.15, 0.2) is 0 Å². The molecule has 0 radical (unpaired) electrons. The van der Waals surface area contributed by atoms with Crippen molar-refractivity contribution in [3.63, 3.8) is 0 Å². The maximum Gasteiger partial charge on any atom is 0.304 e. The second-order valence-electron chi connectivity index (χ2n) is 4.96. The first kappa shape index (κ1) is 10.9. The normalized spacial score (nSPS) is 27.3. The van der Waals surface area contributed by atoms with E-state index in [-0.39, 0.29) is 12.5 Å². The fourth-order valence-electron chi connectivity index (χ4n) is 2.63. The number of rotatable bonds is 3. The zero-order chi connectivity index (χ0) is 10.9. The third-order valence-electron chi connectivity index (χ3n) is 3.72. The topological polar surface area (TPSA) is 49.8 Å². The SMILES string of the molecule is CC(CC(=O)O)N1CC2(CCOCC2)C1. The standard InChI is InChI=1S/C11H19NO3/c1-9(6-10(13)14)12-7-11(8-12)2-4-15-5-3-11/h9H,2-8H2,1H3,(H,13,14). The Kier molecular flexibility index (Phi) is 2.98. The first-order valence-electron chi connectivity index (χ1n) is 5.65. The van der Waals surface area contributed by atoms with E-state index in [0.29, 0.717) is 5.41 Å². The lowest BCUT2D eigenvalue weighted by atomic mass is 9.72. The van der Waals surface area contributed by atoms with Crippen LogP contribution in [-0.4, -0.2) is 48.3 Å². The van der Waals surface area contributed by atoms with Gasteiger partial charge in [0.25, 0.3) is 0 Å². The molecule has 4 nitrogen and oxygen atoms in total. The highest BCUT2D eigenvalue weighted by molar-refractivity contribution is 5.67. The Labute approximate surface area is 90.2 Å². The summed E-state index contributed by atoms with van der Waals surface area (Å²) in [5.41, 5.74) is 0.449. The summed E-state index contributed by atoms with van der Waals surface area (Å²) < 4.78 is 5.35. The summed E-state index contributed by atoms with van der Waals surface area (Å²) in [5.74, 6) is -0.699. The molecule has 86 valence electrons. The first-order valence-corrected chi connectivity index (χ1v) is 5.65. The van der Waals surface area contributed by atoms with Crippen LogP contribution in [0.2, 0.25) is 0 Å². The van der Waals surface area contributed by atoms with Gasteiger partial charge in [-0.2, -0.15) is 0 Å². The zero-order valence-electron chi connectivity index (χ0n) is 9.24. The summed E-state index contributed by atoms with van der Waals surface area (Å²) >= 11 is 0. The number of hydrogen-bond acceptors (Lipinski definition) is 3. The van der Waals surface area contributed by atoms with Gasteiger partial charge >= 0.3 is 5.97 Å². The fourth-order valence-corrected chi connectivity index (χ4v) is 2.63. The van der Waals surface area contributed by atoms with Crippen molar-refractivity contribution in [2.24, 2.45) is 5.41 Å². The van der Waals surface area contributed by atoms with Crippen molar-refractivity contribution in [1.29, 1.82) is 0 Å². The predicted octanol–water partition coefficient (Wildman–Crippen LogP) is 0.962. The Bertz CT molecular complexity index is 240. The summed E-state index contributed by atoms with van der Waals surface area (Å²) in [6, 6.07) is 0.177. The molecule has 0 aliphatic carbocycles. The molecule has 2 saturated heterocycles. The highest BCUT2D eigenvalue weighted by atomic mass is 16.5. The maximum absolute atomic E-state index is 10.6. The quantitative estimate of drug-likeness (QED) is 0.758. The molecule has 0 bridgehead atoms. The van der Waals surface area contributed by atoms with Gasteiger partial charge in [0.1, 0.15) is 0 Å². The highest BCUT2D eigenvalue weighted by Gasteiger charge is 2.45. The number of ether oxygens (including phenoxy) is 1. The van der Waals surface area contributed by atoms with Crippen LogP contribution < -0.4 is 0 Å². The second-order valence-corrected chi connectivity index (χ2v) is 4.96. The smallest absolute Gasteiger partial charge is 0.304 e. The molecule has 1 spiro atoms. The van der Waals surface area contributed by atoms with Gasteiger partial charge in [-0.3, -0.25) is 9.69 Å². The molecule has 2 aliphatic rings. The minimum absolute atomic E-state index is 0.177. The van der Waals surface area contributed by atoms with Crippen LogP contribution in [0.15, 0.2) is 0 Å². The van der Waals surface area contributed by atoms with E-state index in [1.54, 1.807) is 0 Å². The van der Waals surface area contributed by atoms with Crippen LogP contribution >= 0.6 is 0 Å². The molecule has 0 aromatic heterocycles. The van der Waals surface area contributed by atoms with Crippen molar-refractivity contribution in [1.82, 2.24) is 4.90 Å². The molecule has 4 heteroatoms. The first-order chi connectivity index (χ1) is 7.11. The van der Waals surface area contributed by atoms with Crippen LogP contribution in [0.1, 0.15) is 26.2 Å². The van der Waals surface area contributed by atoms with Crippen LogP contribution in [-0.2, 0) is 9.53 Å². The van der Waals surface area contributed by atoms with Gasteiger partial charge in [-0.1, -0.05) is 0 Å². The van der Waals surface area contributed by atoms with Crippen molar-refractivity contribution in [2.75, 3.05) is 26.3 Å². The molecule has 2 rings (SSSR count). The Morgan fingerprint density at radius 1 is 1.47 bits per heavy atom. The second kappa shape index (κ2) is 4.10. The lowest BCUT2D eigenvalue weighted by molar-refractivity contribution is -0.141. The molecule has 2 fully saturated rings. The Balaban J connectivity index is 1.78. The van der Waals surface area contributed by atoms with Crippen LogP contribution in [0, 0.1) is 5.41 Å². The third kappa shape index (κ3) is 2.32. The average molecular weight is 213 g/mol. The van der Waals surface area contributed by atoms with Crippen LogP contribution in [0.25, 0.3) is 0 Å². The van der Waals surface area contributed by atoms with Gasteiger partial charge in [-0.15, -0.1) is 0 Å². The van der Waals surface area contributed by atoms with E-state index in [9.17, 15) is 4.79 Å². The fraction of sp³-hybridized carbons (Fsp3) is 0.909. The number of carboxylic acid groups (broad SMARTS) is 1. The van der Waals surface area contributed by atoms with Gasteiger partial charge in [0.05, 0.1) is 6.42 Å². The minimum Gasteiger partial charge on any atom is -0.481 e. The summed E-state index contributed by atoms with van der Waals surface area (Å²) in [6.07, 6.45) is 2.54. The van der Waals surface area contributed by atoms with E-state index >= 15 is 0 Å². The largest absolute Gasteiger partial charge is 0.481 e. The van der Waals surface area contributed by atoms with Gasteiger partial charge in [0, 0.05) is 37.8 Å². The minimum atomic E-state index is -0.699. The Hall–Kier alpha value is -0.610. The number of nitrogens with zero attached hydrogens (tertiary/aromatic N) is 1. The van der Waals surface area contributed by atoms with E-state index in [4.69, 9.17) is 9.84 Å². The van der Waals surface area contributed by atoms with Crippen LogP contribution in [0.3, 0.4) is 0 Å². The Morgan fingerprint density at radius 3 is 2.60 bits per heavy atom. The molecular formula is C11H19NO3. The average Bonchev–Trinajstić information content (AvgIpc) is 2.14. The molecule has 0 saturated carbocycles. The predicted molar refractivity (Wildman–Crippen MR) is 55.8 cm³/mol. The highest BCUT2D eigenvalue weighted by Crippen LogP contribution is 2.40. The lowest BCUT2D eigenvalue weighted by Crippen LogP contribution is -2.61. The van der Waals surface area contributed by atoms with Crippen molar-refractivity contribution in [3.8, 4) is 0 Å². The van der Waals surface area contributed by atoms with Crippen molar-refractivity contribution in [3.05, 3.63) is 0 Å². The number of likely N-dealkylation sites (tertiary alicyclic amines) is 1. The summed E-state index contributed by atoms with van der Waals surface area (Å²) in [7, 11) is 0. The maximum atomic E-state index is 10.6. The molecular weight excluding hydrogens is 194 g/mol. The zero-order valence-corrected chi connectivity index (χ0v) is 9.24. The van der Waals surface area contributed by atoms with E-state index in [2.05, 4.69) is 4.90 Å². The van der Waals surface area contributed by atoms with Gasteiger partial charge in [0.2, 0.25) is 0 Å². The van der Waals surface area contributed by atoms with E-state index in [1.165, 1.54) is 0 Å². The summed E-state index contributed by atoms with van der Waals surface area (Å²) in [6.45, 7) is 5.87. The Morgan fingerprint density at radius 2 is 2.07 bits per heavy atom. The molecule has 1 N–H and O–H groups in total. The van der Waals surface area contributed by atoms with Crippen molar-refractivity contribution in [2.45, 2.75) is 32.2 Å². The van der Waals surface area contributed by atoms with E-state index in [1.807, 2.05) is 6.92 Å². The van der Waals surface area contributed by atoms with Crippen LogP contribution in [0.5, 0.6) is 0 Å². The summed E-state index contributed by atoms with van der Waals surface area (Å²) in [5, 5.41) is 8.71. The van der Waals surface area contributed by atoms with Gasteiger partial charge in [-0.25, -0.2) is 0 Å². The van der Waals surface area contributed by atoms with E-state index in [0.717, 1.165) is 39.1 Å². The van der Waals surface area contributed by atoms with E-state index < -0.39 is 5.97 Å². The number of carboxylic acids is 1. The van der Waals surface area contributed by atoms with Crippen LogP contribution in [0.4, 0.5) is 0 Å². The molecule has 2 aliphatic heterocycles. The molecule has 0 aromatic carbocycles. The molecule has 0 aromatic rings. The molecule has 2 heterocycles. The number of aliphatic carboxylic acids is 1. The molecule has 0 amide bonds. The van der Waals surface area contributed by atoms with Crippen molar-refractivity contribution < 1.29 is 14.6 Å². The monoisotopic (exact) mass is 213 g/mol. The third-order valence-corrected chi connectivity index (χ3v) is 3.72. The van der Waals surface area contributed by atoms with Gasteiger partial charge in [-0.05, 0) is 19.8 Å². The lowest BCUT2D eigenvalue weighted by Gasteiger charge is -2.54. The number of carbonyl (C=O) groups is 1. The molecule has 1 atom stereocenters. The summed E-state index contributed by atoms with van der Waals surface area (Å²) in [4.78, 5) is 12.9.